The number of hydrogen-bond donors (Lipinski definition) is 0. The van der Waals surface area contributed by atoms with E-state index in [2.05, 4.69) is 27.0 Å². The smallest absolute Gasteiger partial charge is 0.165 e. The first-order valence-corrected chi connectivity index (χ1v) is 7.47. The zero-order chi connectivity index (χ0) is 15.8. The Morgan fingerprint density at radius 1 is 0.913 bits per heavy atom. The average Bonchev–Trinajstić information content (AvgIpc) is 3.00. The van der Waals surface area contributed by atoms with Crippen molar-refractivity contribution in [1.82, 2.24) is 24.7 Å². The standard InChI is InChI=1S/C17H12ClN5/c1-11-4-6-19-9-14(11)13-5-7-20-17-15(13)10-22-23(17)16-3-2-12(18)8-21-16/h2-10H,1H3. The van der Waals surface area contributed by atoms with E-state index in [0.717, 1.165) is 27.7 Å². The third-order valence-corrected chi connectivity index (χ3v) is 3.95. The maximum Gasteiger partial charge on any atom is 0.165 e. The second-order valence-electron chi connectivity index (χ2n) is 5.18. The highest BCUT2D eigenvalue weighted by atomic mass is 35.5. The number of halogens is 1. The Labute approximate surface area is 137 Å². The fraction of sp³-hybridized carbons (Fsp3) is 0.0588. The first-order valence-electron chi connectivity index (χ1n) is 7.10. The van der Waals surface area contributed by atoms with E-state index in [9.17, 15) is 0 Å². The minimum absolute atomic E-state index is 0.588. The third-order valence-electron chi connectivity index (χ3n) is 3.73. The number of fused-ring (bicyclic) bond motifs is 1. The molecule has 4 aromatic rings. The summed E-state index contributed by atoms with van der Waals surface area (Å²) in [5.74, 6) is 0.678. The Morgan fingerprint density at radius 3 is 2.61 bits per heavy atom. The van der Waals surface area contributed by atoms with Gasteiger partial charge in [0, 0.05) is 35.7 Å². The molecule has 0 spiro atoms. The molecule has 0 bridgehead atoms. The van der Waals surface area contributed by atoms with E-state index >= 15 is 0 Å². The van der Waals surface area contributed by atoms with E-state index in [1.807, 2.05) is 24.4 Å². The minimum Gasteiger partial charge on any atom is -0.264 e. The molecule has 5 nitrogen and oxygen atoms in total. The van der Waals surface area contributed by atoms with Crippen molar-refractivity contribution in [2.24, 2.45) is 0 Å². The number of rotatable bonds is 2. The summed E-state index contributed by atoms with van der Waals surface area (Å²) in [6, 6.07) is 7.57. The lowest BCUT2D eigenvalue weighted by molar-refractivity contribution is 0.863. The summed E-state index contributed by atoms with van der Waals surface area (Å²) in [4.78, 5) is 13.0. The van der Waals surface area contributed by atoms with E-state index in [4.69, 9.17) is 11.6 Å². The average molecular weight is 322 g/mol. The monoisotopic (exact) mass is 321 g/mol. The summed E-state index contributed by atoms with van der Waals surface area (Å²) in [6.45, 7) is 2.06. The Morgan fingerprint density at radius 2 is 1.83 bits per heavy atom. The fourth-order valence-corrected chi connectivity index (χ4v) is 2.68. The predicted octanol–water partition coefficient (Wildman–Crippen LogP) is 3.84. The van der Waals surface area contributed by atoms with E-state index in [0.29, 0.717) is 10.8 Å². The van der Waals surface area contributed by atoms with Gasteiger partial charge in [-0.2, -0.15) is 9.78 Å². The zero-order valence-electron chi connectivity index (χ0n) is 12.3. The van der Waals surface area contributed by atoms with Crippen molar-refractivity contribution in [2.75, 3.05) is 0 Å². The number of aryl methyl sites for hydroxylation is 1. The maximum atomic E-state index is 5.90. The number of aromatic nitrogens is 5. The molecule has 0 saturated heterocycles. The van der Waals surface area contributed by atoms with Crippen molar-refractivity contribution >= 4 is 22.6 Å². The molecule has 4 rings (SSSR count). The molecular weight excluding hydrogens is 310 g/mol. The van der Waals surface area contributed by atoms with Crippen LogP contribution < -0.4 is 0 Å². The first kappa shape index (κ1) is 13.8. The minimum atomic E-state index is 0.588. The summed E-state index contributed by atoms with van der Waals surface area (Å²) in [6.07, 6.45) is 8.83. The van der Waals surface area contributed by atoms with Crippen LogP contribution in [0.4, 0.5) is 0 Å². The molecule has 0 aliphatic carbocycles. The molecule has 0 saturated carbocycles. The number of hydrogen-bond acceptors (Lipinski definition) is 4. The van der Waals surface area contributed by atoms with E-state index in [1.165, 1.54) is 0 Å². The third kappa shape index (κ3) is 2.35. The van der Waals surface area contributed by atoms with Crippen LogP contribution in [0.2, 0.25) is 5.02 Å². The van der Waals surface area contributed by atoms with Crippen molar-refractivity contribution in [3.05, 3.63) is 65.8 Å². The van der Waals surface area contributed by atoms with Crippen molar-refractivity contribution in [3.8, 4) is 16.9 Å². The lowest BCUT2D eigenvalue weighted by Crippen LogP contribution is -2.00. The summed E-state index contributed by atoms with van der Waals surface area (Å²) in [5.41, 5.74) is 4.04. The van der Waals surface area contributed by atoms with E-state index in [1.54, 1.807) is 35.5 Å². The van der Waals surface area contributed by atoms with Gasteiger partial charge >= 0.3 is 0 Å². The molecular formula is C17H12ClN5. The Bertz CT molecular complexity index is 991. The molecule has 4 aromatic heterocycles. The first-order chi connectivity index (χ1) is 11.2. The van der Waals surface area contributed by atoms with Gasteiger partial charge in [0.05, 0.1) is 11.2 Å². The summed E-state index contributed by atoms with van der Waals surface area (Å²) in [7, 11) is 0. The van der Waals surface area contributed by atoms with Gasteiger partial charge in [-0.05, 0) is 42.3 Å². The molecule has 0 amide bonds. The van der Waals surface area contributed by atoms with Gasteiger partial charge in [-0.1, -0.05) is 11.6 Å². The molecule has 0 aliphatic heterocycles. The van der Waals surface area contributed by atoms with Crippen LogP contribution in [-0.4, -0.2) is 24.7 Å². The van der Waals surface area contributed by atoms with Crippen molar-refractivity contribution in [1.29, 1.82) is 0 Å². The molecule has 112 valence electrons. The van der Waals surface area contributed by atoms with Gasteiger partial charge in [0.2, 0.25) is 0 Å². The molecule has 0 fully saturated rings. The fourth-order valence-electron chi connectivity index (χ4n) is 2.57. The Kier molecular flexibility index (Phi) is 3.28. The van der Waals surface area contributed by atoms with Crippen LogP contribution >= 0.6 is 11.6 Å². The molecule has 0 radical (unpaired) electrons. The van der Waals surface area contributed by atoms with Crippen molar-refractivity contribution in [2.45, 2.75) is 6.92 Å². The van der Waals surface area contributed by atoms with E-state index < -0.39 is 0 Å². The Hall–Kier alpha value is -2.79. The van der Waals surface area contributed by atoms with Gasteiger partial charge in [0.25, 0.3) is 0 Å². The van der Waals surface area contributed by atoms with Crippen LogP contribution in [0.15, 0.2) is 55.2 Å². The summed E-state index contributed by atoms with van der Waals surface area (Å²) >= 11 is 5.90. The van der Waals surface area contributed by atoms with E-state index in [-0.39, 0.29) is 0 Å². The number of nitrogens with zero attached hydrogens (tertiary/aromatic N) is 5. The van der Waals surface area contributed by atoms with Crippen LogP contribution in [0.1, 0.15) is 5.56 Å². The highest BCUT2D eigenvalue weighted by molar-refractivity contribution is 6.30. The second kappa shape index (κ2) is 5.44. The van der Waals surface area contributed by atoms with Gasteiger partial charge < -0.3 is 0 Å². The highest BCUT2D eigenvalue weighted by Gasteiger charge is 2.13. The lowest BCUT2D eigenvalue weighted by Gasteiger charge is -2.07. The van der Waals surface area contributed by atoms with Crippen LogP contribution in [0.25, 0.3) is 28.0 Å². The molecule has 0 N–H and O–H groups in total. The molecule has 23 heavy (non-hydrogen) atoms. The molecule has 0 aromatic carbocycles. The Balaban J connectivity index is 1.94. The molecule has 0 unspecified atom stereocenters. The molecule has 4 heterocycles. The number of pyridine rings is 3. The summed E-state index contributed by atoms with van der Waals surface area (Å²) < 4.78 is 1.71. The van der Waals surface area contributed by atoms with Gasteiger partial charge in [-0.25, -0.2) is 9.97 Å². The molecule has 0 atom stereocenters. The van der Waals surface area contributed by atoms with Crippen LogP contribution in [-0.2, 0) is 0 Å². The van der Waals surface area contributed by atoms with Gasteiger partial charge in [-0.3, -0.25) is 4.98 Å². The highest BCUT2D eigenvalue weighted by Crippen LogP contribution is 2.29. The van der Waals surface area contributed by atoms with Crippen LogP contribution in [0.5, 0.6) is 0 Å². The van der Waals surface area contributed by atoms with Crippen LogP contribution in [0.3, 0.4) is 0 Å². The van der Waals surface area contributed by atoms with Crippen molar-refractivity contribution < 1.29 is 0 Å². The molecule has 0 aliphatic rings. The normalized spacial score (nSPS) is 11.0. The van der Waals surface area contributed by atoms with Crippen molar-refractivity contribution in [3.63, 3.8) is 0 Å². The zero-order valence-corrected chi connectivity index (χ0v) is 13.1. The van der Waals surface area contributed by atoms with Gasteiger partial charge in [-0.15, -0.1) is 0 Å². The lowest BCUT2D eigenvalue weighted by atomic mass is 10.0. The quantitative estimate of drug-likeness (QED) is 0.563. The summed E-state index contributed by atoms with van der Waals surface area (Å²) in [5, 5.41) is 5.99. The molecule has 6 heteroatoms. The SMILES string of the molecule is Cc1ccncc1-c1ccnc2c1cnn2-c1ccc(Cl)cn1. The maximum absolute atomic E-state index is 5.90. The van der Waals surface area contributed by atoms with Crippen LogP contribution in [0, 0.1) is 6.92 Å². The van der Waals surface area contributed by atoms with Gasteiger partial charge in [0.1, 0.15) is 0 Å². The van der Waals surface area contributed by atoms with Gasteiger partial charge in [0.15, 0.2) is 11.5 Å². The largest absolute Gasteiger partial charge is 0.264 e. The second-order valence-corrected chi connectivity index (χ2v) is 5.61. The topological polar surface area (TPSA) is 56.5 Å². The predicted molar refractivity (Wildman–Crippen MR) is 89.6 cm³/mol.